The summed E-state index contributed by atoms with van der Waals surface area (Å²) in [6.07, 6.45) is -0.0953. The van der Waals surface area contributed by atoms with E-state index in [1.807, 2.05) is 6.92 Å². The van der Waals surface area contributed by atoms with Gasteiger partial charge in [-0.25, -0.2) is 8.78 Å². The average molecular weight is 272 g/mol. The standard InChI is InChI=1S/C15H22F2S/c1-6-15(16,17)9-18-14-8-13(10(2)3)11(4)7-12(14)5/h7-8,10H,6,9H2,1-5H3. The lowest BCUT2D eigenvalue weighted by molar-refractivity contribution is 0.0235. The van der Waals surface area contributed by atoms with E-state index in [-0.39, 0.29) is 12.2 Å². The molecule has 0 aliphatic rings. The number of hydrogen-bond donors (Lipinski definition) is 0. The second-order valence-corrected chi connectivity index (χ2v) is 6.14. The van der Waals surface area contributed by atoms with Crippen LogP contribution in [0.4, 0.5) is 8.78 Å². The molecule has 0 heterocycles. The Morgan fingerprint density at radius 2 is 1.78 bits per heavy atom. The van der Waals surface area contributed by atoms with Crippen LogP contribution in [0.5, 0.6) is 0 Å². The molecule has 0 N–H and O–H groups in total. The van der Waals surface area contributed by atoms with Gasteiger partial charge < -0.3 is 0 Å². The molecule has 0 bridgehead atoms. The third kappa shape index (κ3) is 3.98. The van der Waals surface area contributed by atoms with Crippen molar-refractivity contribution in [2.45, 2.75) is 57.8 Å². The molecule has 0 spiro atoms. The summed E-state index contributed by atoms with van der Waals surface area (Å²) < 4.78 is 26.6. The van der Waals surface area contributed by atoms with Gasteiger partial charge in [0.2, 0.25) is 0 Å². The van der Waals surface area contributed by atoms with Crippen LogP contribution >= 0.6 is 11.8 Å². The van der Waals surface area contributed by atoms with Crippen molar-refractivity contribution >= 4 is 11.8 Å². The minimum atomic E-state index is -2.57. The van der Waals surface area contributed by atoms with Gasteiger partial charge in [-0.3, -0.25) is 0 Å². The Bertz CT molecular complexity index is 411. The predicted octanol–water partition coefficient (Wildman–Crippen LogP) is 5.56. The molecule has 0 saturated heterocycles. The van der Waals surface area contributed by atoms with E-state index in [2.05, 4.69) is 32.9 Å². The van der Waals surface area contributed by atoms with Crippen molar-refractivity contribution in [1.29, 1.82) is 0 Å². The maximum Gasteiger partial charge on any atom is 0.257 e. The highest BCUT2D eigenvalue weighted by molar-refractivity contribution is 7.99. The van der Waals surface area contributed by atoms with Crippen molar-refractivity contribution < 1.29 is 8.78 Å². The highest BCUT2D eigenvalue weighted by Gasteiger charge is 2.26. The number of benzene rings is 1. The van der Waals surface area contributed by atoms with E-state index < -0.39 is 5.92 Å². The molecule has 0 unspecified atom stereocenters. The highest BCUT2D eigenvalue weighted by atomic mass is 32.2. The number of rotatable bonds is 5. The van der Waals surface area contributed by atoms with Crippen LogP contribution in [-0.4, -0.2) is 11.7 Å². The minimum absolute atomic E-state index is 0.0953. The summed E-state index contributed by atoms with van der Waals surface area (Å²) in [5.74, 6) is -2.28. The number of halogens is 2. The van der Waals surface area contributed by atoms with Crippen LogP contribution in [0.3, 0.4) is 0 Å². The van der Waals surface area contributed by atoms with E-state index in [0.717, 1.165) is 10.5 Å². The van der Waals surface area contributed by atoms with Crippen molar-refractivity contribution in [3.8, 4) is 0 Å². The van der Waals surface area contributed by atoms with Crippen LogP contribution in [-0.2, 0) is 0 Å². The van der Waals surface area contributed by atoms with Gasteiger partial charge in [-0.15, -0.1) is 11.8 Å². The summed E-state index contributed by atoms with van der Waals surface area (Å²) in [6, 6.07) is 4.17. The molecule has 0 fully saturated rings. The van der Waals surface area contributed by atoms with E-state index >= 15 is 0 Å². The van der Waals surface area contributed by atoms with Crippen molar-refractivity contribution in [2.75, 3.05) is 5.75 Å². The molecule has 0 aliphatic heterocycles. The van der Waals surface area contributed by atoms with Crippen molar-refractivity contribution in [2.24, 2.45) is 0 Å². The van der Waals surface area contributed by atoms with Gasteiger partial charge in [0, 0.05) is 11.3 Å². The molecule has 1 aromatic rings. The second-order valence-electron chi connectivity index (χ2n) is 5.13. The summed E-state index contributed by atoms with van der Waals surface area (Å²) in [7, 11) is 0. The third-order valence-electron chi connectivity index (χ3n) is 3.14. The van der Waals surface area contributed by atoms with Gasteiger partial charge in [0.15, 0.2) is 0 Å². The van der Waals surface area contributed by atoms with E-state index in [0.29, 0.717) is 5.92 Å². The van der Waals surface area contributed by atoms with Crippen molar-refractivity contribution in [1.82, 2.24) is 0 Å². The molecule has 18 heavy (non-hydrogen) atoms. The Balaban J connectivity index is 2.92. The average Bonchev–Trinajstić information content (AvgIpc) is 2.27. The first kappa shape index (κ1) is 15.5. The summed E-state index contributed by atoms with van der Waals surface area (Å²) in [4.78, 5) is 0.984. The van der Waals surface area contributed by atoms with Gasteiger partial charge in [0.1, 0.15) is 0 Å². The molecule has 0 aliphatic carbocycles. The molecule has 0 aromatic heterocycles. The fraction of sp³-hybridized carbons (Fsp3) is 0.600. The summed E-state index contributed by atoms with van der Waals surface area (Å²) in [5, 5.41) is 0. The Morgan fingerprint density at radius 1 is 1.17 bits per heavy atom. The third-order valence-corrected chi connectivity index (χ3v) is 4.46. The Morgan fingerprint density at radius 3 is 2.28 bits per heavy atom. The van der Waals surface area contributed by atoms with E-state index in [1.165, 1.54) is 29.8 Å². The summed E-state index contributed by atoms with van der Waals surface area (Å²) in [6.45, 7) is 9.86. The molecular formula is C15H22F2S. The fourth-order valence-electron chi connectivity index (χ4n) is 1.91. The predicted molar refractivity (Wildman–Crippen MR) is 76.0 cm³/mol. The van der Waals surface area contributed by atoms with Gasteiger partial charge in [-0.1, -0.05) is 26.8 Å². The Labute approximate surface area is 113 Å². The zero-order chi connectivity index (χ0) is 13.9. The zero-order valence-electron chi connectivity index (χ0n) is 11.8. The van der Waals surface area contributed by atoms with Crippen molar-refractivity contribution in [3.63, 3.8) is 0 Å². The lowest BCUT2D eigenvalue weighted by atomic mass is 9.96. The van der Waals surface area contributed by atoms with Crippen molar-refractivity contribution in [3.05, 3.63) is 28.8 Å². The highest BCUT2D eigenvalue weighted by Crippen LogP contribution is 2.33. The largest absolute Gasteiger partial charge is 0.257 e. The second kappa shape index (κ2) is 6.05. The molecule has 1 aromatic carbocycles. The van der Waals surface area contributed by atoms with Gasteiger partial charge >= 0.3 is 0 Å². The van der Waals surface area contributed by atoms with Crippen LogP contribution in [0.25, 0.3) is 0 Å². The van der Waals surface area contributed by atoms with Crippen LogP contribution in [0, 0.1) is 13.8 Å². The monoisotopic (exact) mass is 272 g/mol. The number of alkyl halides is 2. The molecule has 102 valence electrons. The Hall–Kier alpha value is -0.570. The van der Waals surface area contributed by atoms with E-state index in [9.17, 15) is 8.78 Å². The molecule has 0 atom stereocenters. The molecule has 0 saturated carbocycles. The molecular weight excluding hydrogens is 250 g/mol. The quantitative estimate of drug-likeness (QED) is 0.632. The van der Waals surface area contributed by atoms with Crippen LogP contribution in [0.1, 0.15) is 49.8 Å². The first-order valence-electron chi connectivity index (χ1n) is 6.38. The van der Waals surface area contributed by atoms with Gasteiger partial charge in [0.05, 0.1) is 5.75 Å². The van der Waals surface area contributed by atoms with E-state index in [4.69, 9.17) is 0 Å². The maximum absolute atomic E-state index is 13.3. The topological polar surface area (TPSA) is 0 Å². The first-order chi connectivity index (χ1) is 8.26. The number of aryl methyl sites for hydroxylation is 2. The normalized spacial score (nSPS) is 12.2. The van der Waals surface area contributed by atoms with Gasteiger partial charge in [-0.05, 0) is 42.5 Å². The SMILES string of the molecule is CCC(F)(F)CSc1cc(C(C)C)c(C)cc1C. The fourth-order valence-corrected chi connectivity index (χ4v) is 2.98. The van der Waals surface area contributed by atoms with Crippen LogP contribution < -0.4 is 0 Å². The first-order valence-corrected chi connectivity index (χ1v) is 7.37. The number of thioether (sulfide) groups is 1. The maximum atomic E-state index is 13.3. The van der Waals surface area contributed by atoms with Crippen LogP contribution in [0.2, 0.25) is 0 Å². The lowest BCUT2D eigenvalue weighted by Crippen LogP contribution is -2.17. The lowest BCUT2D eigenvalue weighted by Gasteiger charge is -2.17. The van der Waals surface area contributed by atoms with Gasteiger partial charge in [-0.2, -0.15) is 0 Å². The number of hydrogen-bond acceptors (Lipinski definition) is 1. The Kier molecular flexibility index (Phi) is 5.20. The molecule has 1 rings (SSSR count). The van der Waals surface area contributed by atoms with Gasteiger partial charge in [0.25, 0.3) is 5.92 Å². The molecule has 0 amide bonds. The summed E-state index contributed by atoms with van der Waals surface area (Å²) in [5.41, 5.74) is 3.59. The molecule has 0 nitrogen and oxygen atoms in total. The minimum Gasteiger partial charge on any atom is -0.206 e. The van der Waals surface area contributed by atoms with Crippen LogP contribution in [0.15, 0.2) is 17.0 Å². The molecule has 3 heteroatoms. The molecule has 0 radical (unpaired) electrons. The zero-order valence-corrected chi connectivity index (χ0v) is 12.6. The van der Waals surface area contributed by atoms with E-state index in [1.54, 1.807) is 0 Å². The summed E-state index contributed by atoms with van der Waals surface area (Å²) >= 11 is 1.27. The smallest absolute Gasteiger partial charge is 0.206 e.